The summed E-state index contributed by atoms with van der Waals surface area (Å²) in [6.07, 6.45) is 4.66. The van der Waals surface area contributed by atoms with Gasteiger partial charge in [0.15, 0.2) is 0 Å². The molecule has 2 aromatic heterocycles. The molecule has 0 amide bonds. The largest absolute Gasteiger partial charge is 0.360 e. The molecule has 0 atom stereocenters. The van der Waals surface area contributed by atoms with E-state index in [1.54, 1.807) is 0 Å². The van der Waals surface area contributed by atoms with Crippen LogP contribution in [0.15, 0.2) is 36.0 Å². The van der Waals surface area contributed by atoms with Crippen LogP contribution in [-0.4, -0.2) is 37.6 Å². The van der Waals surface area contributed by atoms with E-state index in [0.717, 1.165) is 36.3 Å². The molecular formula is C20H23N7O2S. The predicted molar refractivity (Wildman–Crippen MR) is 117 cm³/mol. The highest BCUT2D eigenvalue weighted by atomic mass is 32.1. The van der Waals surface area contributed by atoms with Crippen LogP contribution < -0.4 is 10.2 Å². The van der Waals surface area contributed by atoms with Gasteiger partial charge in [-0.05, 0) is 42.3 Å². The van der Waals surface area contributed by atoms with Crippen molar-refractivity contribution in [1.82, 2.24) is 19.6 Å². The lowest BCUT2D eigenvalue weighted by atomic mass is 10.1. The topological polar surface area (TPSA) is 110 Å². The zero-order valence-corrected chi connectivity index (χ0v) is 17.5. The third kappa shape index (κ3) is 4.70. The molecule has 0 bridgehead atoms. The van der Waals surface area contributed by atoms with Gasteiger partial charge in [-0.3, -0.25) is 10.1 Å². The van der Waals surface area contributed by atoms with Crippen LogP contribution in [0.4, 0.5) is 17.3 Å². The van der Waals surface area contributed by atoms with Gasteiger partial charge in [0.25, 0.3) is 0 Å². The third-order valence-electron chi connectivity index (χ3n) is 5.02. The molecule has 2 heterocycles. The Morgan fingerprint density at radius 2 is 2.07 bits per heavy atom. The average Bonchev–Trinajstić information content (AvgIpc) is 3.40. The summed E-state index contributed by atoms with van der Waals surface area (Å²) >= 11 is 1.31. The maximum absolute atomic E-state index is 11.9. The van der Waals surface area contributed by atoms with Gasteiger partial charge in [0.05, 0.1) is 4.92 Å². The Balaban J connectivity index is 1.52. The maximum Gasteiger partial charge on any atom is 0.353 e. The molecule has 3 aromatic rings. The lowest BCUT2D eigenvalue weighted by molar-refractivity contribution is -0.383. The number of benzene rings is 1. The van der Waals surface area contributed by atoms with Crippen LogP contribution in [0.2, 0.25) is 0 Å². The maximum atomic E-state index is 11.9. The number of nitrogens with one attached hydrogen (secondary N) is 1. The molecule has 0 saturated heterocycles. The first-order valence-electron chi connectivity index (χ1n) is 10.00. The van der Waals surface area contributed by atoms with Crippen molar-refractivity contribution >= 4 is 28.9 Å². The van der Waals surface area contributed by atoms with Gasteiger partial charge in [0.2, 0.25) is 11.6 Å². The van der Waals surface area contributed by atoms with Crippen LogP contribution in [0, 0.1) is 16.0 Å². The highest BCUT2D eigenvalue weighted by Gasteiger charge is 2.31. The van der Waals surface area contributed by atoms with Crippen LogP contribution in [0.1, 0.15) is 31.7 Å². The SMILES string of the molecule is CCCN(CC1CC1)c1ncnc(NCc2ccc(-c3csnn3)cc2)c1[N+](=O)[O-]. The van der Waals surface area contributed by atoms with Crippen molar-refractivity contribution in [2.75, 3.05) is 23.3 Å². The van der Waals surface area contributed by atoms with E-state index in [9.17, 15) is 10.1 Å². The van der Waals surface area contributed by atoms with E-state index in [0.29, 0.717) is 18.3 Å². The molecule has 4 rings (SSSR count). The van der Waals surface area contributed by atoms with Gasteiger partial charge in [-0.15, -0.1) is 5.10 Å². The standard InChI is InChI=1S/C20H23N7O2S/c1-2-9-26(11-15-3-4-15)20-18(27(28)29)19(22-13-23-20)21-10-14-5-7-16(8-6-14)17-12-30-25-24-17/h5-8,12-13,15H,2-4,9-11H2,1H3,(H,21,22,23). The fraction of sp³-hybridized carbons (Fsp3) is 0.400. The molecule has 9 nitrogen and oxygen atoms in total. The summed E-state index contributed by atoms with van der Waals surface area (Å²) in [7, 11) is 0. The molecule has 10 heteroatoms. The van der Waals surface area contributed by atoms with Crippen LogP contribution >= 0.6 is 11.5 Å². The fourth-order valence-corrected chi connectivity index (χ4v) is 3.80. The highest BCUT2D eigenvalue weighted by Crippen LogP contribution is 2.36. The van der Waals surface area contributed by atoms with Gasteiger partial charge in [-0.25, -0.2) is 9.97 Å². The number of aromatic nitrogens is 4. The number of hydrogen-bond acceptors (Lipinski definition) is 9. The Kier molecular flexibility index (Phi) is 6.12. The van der Waals surface area contributed by atoms with Crippen molar-refractivity contribution < 1.29 is 4.92 Å². The summed E-state index contributed by atoms with van der Waals surface area (Å²) in [5.74, 6) is 1.25. The minimum absolute atomic E-state index is 0.0585. The molecule has 0 spiro atoms. The van der Waals surface area contributed by atoms with Crippen molar-refractivity contribution in [1.29, 1.82) is 0 Å². The summed E-state index contributed by atoms with van der Waals surface area (Å²) in [5, 5.41) is 21.0. The lowest BCUT2D eigenvalue weighted by Crippen LogP contribution is -2.28. The van der Waals surface area contributed by atoms with E-state index in [-0.39, 0.29) is 16.4 Å². The summed E-state index contributed by atoms with van der Waals surface area (Å²) in [6.45, 7) is 4.03. The molecule has 156 valence electrons. The fourth-order valence-electron chi connectivity index (χ4n) is 3.33. The van der Waals surface area contributed by atoms with Gasteiger partial charge >= 0.3 is 5.69 Å². The predicted octanol–water partition coefficient (Wildman–Crippen LogP) is 4.14. The Morgan fingerprint density at radius 1 is 1.27 bits per heavy atom. The summed E-state index contributed by atoms with van der Waals surface area (Å²) in [6, 6.07) is 7.86. The number of rotatable bonds is 10. The monoisotopic (exact) mass is 425 g/mol. The third-order valence-corrected chi connectivity index (χ3v) is 5.53. The summed E-state index contributed by atoms with van der Waals surface area (Å²) in [5.41, 5.74) is 2.75. The van der Waals surface area contributed by atoms with E-state index in [2.05, 4.69) is 31.8 Å². The minimum atomic E-state index is -0.383. The van der Waals surface area contributed by atoms with Crippen molar-refractivity contribution in [2.45, 2.75) is 32.7 Å². The Bertz CT molecular complexity index is 991. The smallest absolute Gasteiger partial charge is 0.353 e. The lowest BCUT2D eigenvalue weighted by Gasteiger charge is -2.23. The first-order valence-corrected chi connectivity index (χ1v) is 10.8. The average molecular weight is 426 g/mol. The van der Waals surface area contributed by atoms with E-state index < -0.39 is 0 Å². The molecule has 1 N–H and O–H groups in total. The normalized spacial score (nSPS) is 13.2. The van der Waals surface area contributed by atoms with Crippen LogP contribution in [0.25, 0.3) is 11.3 Å². The second-order valence-corrected chi connectivity index (χ2v) is 7.99. The van der Waals surface area contributed by atoms with Gasteiger partial charge in [-0.2, -0.15) is 0 Å². The van der Waals surface area contributed by atoms with Gasteiger partial charge in [0, 0.05) is 30.6 Å². The molecule has 1 aliphatic rings. The molecule has 0 radical (unpaired) electrons. The Labute approximate surface area is 178 Å². The number of anilines is 2. The molecule has 1 fully saturated rings. The van der Waals surface area contributed by atoms with Crippen molar-refractivity contribution in [3.63, 3.8) is 0 Å². The highest BCUT2D eigenvalue weighted by molar-refractivity contribution is 7.03. The second kappa shape index (κ2) is 9.12. The summed E-state index contributed by atoms with van der Waals surface area (Å²) in [4.78, 5) is 22.0. The quantitative estimate of drug-likeness (QED) is 0.381. The number of nitrogens with zero attached hydrogens (tertiary/aromatic N) is 6. The minimum Gasteiger partial charge on any atom is -0.360 e. The van der Waals surface area contributed by atoms with Crippen LogP contribution in [0.3, 0.4) is 0 Å². The zero-order valence-electron chi connectivity index (χ0n) is 16.7. The van der Waals surface area contributed by atoms with Gasteiger partial charge in [-0.1, -0.05) is 35.7 Å². The van der Waals surface area contributed by atoms with Crippen molar-refractivity contribution in [3.05, 3.63) is 51.7 Å². The molecule has 1 aromatic carbocycles. The van der Waals surface area contributed by atoms with E-state index in [1.165, 1.54) is 30.7 Å². The van der Waals surface area contributed by atoms with Gasteiger partial charge in [0.1, 0.15) is 12.0 Å². The summed E-state index contributed by atoms with van der Waals surface area (Å²) < 4.78 is 3.88. The van der Waals surface area contributed by atoms with Gasteiger partial charge < -0.3 is 10.2 Å². The Morgan fingerprint density at radius 3 is 2.70 bits per heavy atom. The van der Waals surface area contributed by atoms with E-state index in [1.807, 2.05) is 34.5 Å². The molecule has 0 unspecified atom stereocenters. The van der Waals surface area contributed by atoms with Crippen molar-refractivity contribution in [2.24, 2.45) is 5.92 Å². The van der Waals surface area contributed by atoms with Crippen LogP contribution in [0.5, 0.6) is 0 Å². The molecule has 30 heavy (non-hydrogen) atoms. The van der Waals surface area contributed by atoms with E-state index in [4.69, 9.17) is 0 Å². The van der Waals surface area contributed by atoms with E-state index >= 15 is 0 Å². The zero-order chi connectivity index (χ0) is 20.9. The first kappa shape index (κ1) is 20.1. The molecule has 1 aliphatic carbocycles. The molecule has 0 aliphatic heterocycles. The first-order chi connectivity index (χ1) is 14.7. The number of hydrogen-bond donors (Lipinski definition) is 1. The van der Waals surface area contributed by atoms with Crippen LogP contribution in [-0.2, 0) is 6.54 Å². The molecule has 1 saturated carbocycles. The van der Waals surface area contributed by atoms with Crippen molar-refractivity contribution in [3.8, 4) is 11.3 Å². The second-order valence-electron chi connectivity index (χ2n) is 7.38. The molecular weight excluding hydrogens is 402 g/mol. The number of nitro groups is 1. The Hall–Kier alpha value is -3.14.